The van der Waals surface area contributed by atoms with Crippen molar-refractivity contribution in [1.29, 1.82) is 0 Å². The maximum absolute atomic E-state index is 13.1. The van der Waals surface area contributed by atoms with E-state index in [2.05, 4.69) is 20.6 Å². The van der Waals surface area contributed by atoms with Crippen molar-refractivity contribution in [2.24, 2.45) is 4.99 Å². The van der Waals surface area contributed by atoms with E-state index < -0.39 is 0 Å². The summed E-state index contributed by atoms with van der Waals surface area (Å²) in [6.07, 6.45) is 0. The van der Waals surface area contributed by atoms with Crippen LogP contribution in [0.2, 0.25) is 0 Å². The van der Waals surface area contributed by atoms with Gasteiger partial charge < -0.3 is 15.1 Å². The number of nitrogens with zero attached hydrogens (tertiary/aromatic N) is 2. The number of hydrogen-bond donors (Lipinski definition) is 2. The van der Waals surface area contributed by atoms with Crippen LogP contribution in [0.1, 0.15) is 29.8 Å². The molecule has 0 atom stereocenters. The Morgan fingerprint density at radius 2 is 2.14 bits per heavy atom. The van der Waals surface area contributed by atoms with E-state index in [9.17, 15) is 4.39 Å². The van der Waals surface area contributed by atoms with Crippen LogP contribution in [0, 0.1) is 19.7 Å². The minimum absolute atomic E-state index is 0.253. The maximum Gasteiger partial charge on any atom is 0.214 e. The van der Waals surface area contributed by atoms with Gasteiger partial charge in [-0.1, -0.05) is 12.1 Å². The fourth-order valence-electron chi connectivity index (χ4n) is 1.92. The number of oxazole rings is 1. The molecule has 6 heteroatoms. The van der Waals surface area contributed by atoms with E-state index in [1.54, 1.807) is 6.07 Å². The lowest BCUT2D eigenvalue weighted by Gasteiger charge is -2.09. The predicted octanol–water partition coefficient (Wildman–Crippen LogP) is 2.69. The van der Waals surface area contributed by atoms with Gasteiger partial charge in [0.15, 0.2) is 5.96 Å². The van der Waals surface area contributed by atoms with Gasteiger partial charge in [0.2, 0.25) is 5.89 Å². The van der Waals surface area contributed by atoms with Crippen LogP contribution in [-0.4, -0.2) is 17.5 Å². The molecule has 0 bridgehead atoms. The largest absolute Gasteiger partial charge is 0.444 e. The molecule has 118 valence electrons. The Morgan fingerprint density at radius 3 is 2.77 bits per heavy atom. The zero-order chi connectivity index (χ0) is 15.9. The predicted molar refractivity (Wildman–Crippen MR) is 84.0 cm³/mol. The molecular weight excluding hydrogens is 283 g/mol. The molecule has 22 heavy (non-hydrogen) atoms. The van der Waals surface area contributed by atoms with Crippen LogP contribution in [-0.2, 0) is 13.1 Å². The number of guanidine groups is 1. The maximum atomic E-state index is 13.1. The van der Waals surface area contributed by atoms with Crippen molar-refractivity contribution < 1.29 is 8.81 Å². The summed E-state index contributed by atoms with van der Waals surface area (Å²) in [5.74, 6) is 1.82. The molecule has 0 radical (unpaired) electrons. The Kier molecular flexibility index (Phi) is 5.52. The summed E-state index contributed by atoms with van der Waals surface area (Å²) in [7, 11) is 0. The Morgan fingerprint density at radius 1 is 1.32 bits per heavy atom. The first-order chi connectivity index (χ1) is 10.6. The van der Waals surface area contributed by atoms with Crippen molar-refractivity contribution in [2.75, 3.05) is 6.54 Å². The molecule has 2 aromatic rings. The van der Waals surface area contributed by atoms with Gasteiger partial charge in [-0.05, 0) is 38.5 Å². The summed E-state index contributed by atoms with van der Waals surface area (Å²) in [6.45, 7) is 7.36. The van der Waals surface area contributed by atoms with Gasteiger partial charge in [-0.3, -0.25) is 0 Å². The smallest absolute Gasteiger partial charge is 0.214 e. The number of aryl methyl sites for hydroxylation is 2. The molecule has 0 spiro atoms. The molecule has 0 amide bonds. The fourth-order valence-corrected chi connectivity index (χ4v) is 1.92. The Hall–Kier alpha value is -2.37. The van der Waals surface area contributed by atoms with E-state index in [4.69, 9.17) is 4.42 Å². The average Bonchev–Trinajstić information content (AvgIpc) is 2.81. The Balaban J connectivity index is 1.97. The first-order valence-corrected chi connectivity index (χ1v) is 7.28. The molecule has 1 heterocycles. The highest BCUT2D eigenvalue weighted by Crippen LogP contribution is 2.08. The lowest BCUT2D eigenvalue weighted by molar-refractivity contribution is 0.463. The van der Waals surface area contributed by atoms with E-state index in [0.717, 1.165) is 23.6 Å². The van der Waals surface area contributed by atoms with Crippen LogP contribution in [0.25, 0.3) is 0 Å². The molecule has 0 unspecified atom stereocenters. The second-order valence-corrected chi connectivity index (χ2v) is 4.93. The highest BCUT2D eigenvalue weighted by Gasteiger charge is 2.06. The third kappa shape index (κ3) is 4.58. The molecular formula is C16H21FN4O. The van der Waals surface area contributed by atoms with Crippen molar-refractivity contribution in [2.45, 2.75) is 33.9 Å². The van der Waals surface area contributed by atoms with Crippen molar-refractivity contribution in [3.8, 4) is 0 Å². The van der Waals surface area contributed by atoms with Crippen LogP contribution in [0.15, 0.2) is 33.7 Å². The summed E-state index contributed by atoms with van der Waals surface area (Å²) < 4.78 is 18.7. The number of aromatic nitrogens is 1. The quantitative estimate of drug-likeness (QED) is 0.658. The molecule has 5 nitrogen and oxygen atoms in total. The fraction of sp³-hybridized carbons (Fsp3) is 0.375. The Labute approximate surface area is 129 Å². The van der Waals surface area contributed by atoms with Crippen molar-refractivity contribution in [1.82, 2.24) is 15.6 Å². The molecule has 0 aliphatic carbocycles. The summed E-state index contributed by atoms with van der Waals surface area (Å²) in [5.41, 5.74) is 1.71. The normalized spacial score (nSPS) is 11.5. The van der Waals surface area contributed by atoms with E-state index >= 15 is 0 Å². The number of benzene rings is 1. The van der Waals surface area contributed by atoms with Gasteiger partial charge in [0, 0.05) is 6.54 Å². The van der Waals surface area contributed by atoms with E-state index in [0.29, 0.717) is 24.9 Å². The second-order valence-electron chi connectivity index (χ2n) is 4.93. The Bertz CT molecular complexity index is 632. The zero-order valence-electron chi connectivity index (χ0n) is 13.1. The van der Waals surface area contributed by atoms with Crippen molar-refractivity contribution in [3.63, 3.8) is 0 Å². The monoisotopic (exact) mass is 304 g/mol. The molecule has 2 N–H and O–H groups in total. The van der Waals surface area contributed by atoms with E-state index in [-0.39, 0.29) is 5.82 Å². The molecule has 2 rings (SSSR count). The second kappa shape index (κ2) is 7.59. The van der Waals surface area contributed by atoms with Gasteiger partial charge in [0.05, 0.1) is 18.8 Å². The topological polar surface area (TPSA) is 62.5 Å². The van der Waals surface area contributed by atoms with Crippen LogP contribution < -0.4 is 10.6 Å². The summed E-state index contributed by atoms with van der Waals surface area (Å²) >= 11 is 0. The van der Waals surface area contributed by atoms with Gasteiger partial charge in [0.25, 0.3) is 0 Å². The summed E-state index contributed by atoms with van der Waals surface area (Å²) in [4.78, 5) is 8.74. The van der Waals surface area contributed by atoms with Crippen LogP contribution >= 0.6 is 0 Å². The number of halogens is 1. The van der Waals surface area contributed by atoms with Crippen molar-refractivity contribution in [3.05, 3.63) is 53.0 Å². The number of hydrogen-bond acceptors (Lipinski definition) is 3. The highest BCUT2D eigenvalue weighted by atomic mass is 19.1. The van der Waals surface area contributed by atoms with Gasteiger partial charge in [0.1, 0.15) is 11.6 Å². The molecule has 1 aromatic carbocycles. The third-order valence-corrected chi connectivity index (χ3v) is 3.13. The number of rotatable bonds is 5. The van der Waals surface area contributed by atoms with Crippen LogP contribution in [0.5, 0.6) is 0 Å². The lowest BCUT2D eigenvalue weighted by atomic mass is 10.2. The molecule has 0 fully saturated rings. The molecule has 0 aliphatic heterocycles. The van der Waals surface area contributed by atoms with E-state index in [1.165, 1.54) is 12.1 Å². The first-order valence-electron chi connectivity index (χ1n) is 7.28. The average molecular weight is 304 g/mol. The van der Waals surface area contributed by atoms with Crippen LogP contribution in [0.4, 0.5) is 4.39 Å². The highest BCUT2D eigenvalue weighted by molar-refractivity contribution is 5.79. The van der Waals surface area contributed by atoms with Crippen molar-refractivity contribution >= 4 is 5.96 Å². The molecule has 0 saturated carbocycles. The standard InChI is InChI=1S/C16H21FN4O/c1-4-18-16(19-9-13-6-5-7-14(17)8-13)20-10-15-21-11(2)12(3)22-15/h5-8H,4,9-10H2,1-3H3,(H2,18,19,20). The molecule has 0 aliphatic rings. The minimum Gasteiger partial charge on any atom is -0.444 e. The SMILES string of the molecule is CCNC(=NCc1cccc(F)c1)NCc1nc(C)c(C)o1. The van der Waals surface area contributed by atoms with E-state index in [1.807, 2.05) is 26.8 Å². The number of aliphatic imine (C=N–C) groups is 1. The molecule has 0 saturated heterocycles. The summed E-state index contributed by atoms with van der Waals surface area (Å²) in [5, 5.41) is 6.29. The summed E-state index contributed by atoms with van der Waals surface area (Å²) in [6, 6.07) is 6.42. The van der Waals surface area contributed by atoms with Gasteiger partial charge in [-0.15, -0.1) is 0 Å². The minimum atomic E-state index is -0.253. The van der Waals surface area contributed by atoms with Gasteiger partial charge in [-0.25, -0.2) is 14.4 Å². The third-order valence-electron chi connectivity index (χ3n) is 3.13. The zero-order valence-corrected chi connectivity index (χ0v) is 13.1. The van der Waals surface area contributed by atoms with Gasteiger partial charge in [-0.2, -0.15) is 0 Å². The first kappa shape index (κ1) is 16.0. The molecule has 1 aromatic heterocycles. The van der Waals surface area contributed by atoms with Gasteiger partial charge >= 0.3 is 0 Å². The van der Waals surface area contributed by atoms with Crippen LogP contribution in [0.3, 0.4) is 0 Å². The number of nitrogens with one attached hydrogen (secondary N) is 2. The lowest BCUT2D eigenvalue weighted by Crippen LogP contribution is -2.36.